The normalized spacial score (nSPS) is 25.3. The average molecular weight is 208 g/mol. The van der Waals surface area contributed by atoms with E-state index in [-0.39, 0.29) is 0 Å². The first-order valence-electron chi connectivity index (χ1n) is 6.69. The molecule has 0 bridgehead atoms. The molecule has 2 atom stereocenters. The van der Waals surface area contributed by atoms with Crippen LogP contribution in [0, 0.1) is 17.3 Å². The van der Waals surface area contributed by atoms with Crippen molar-refractivity contribution in [3.63, 3.8) is 0 Å². The summed E-state index contributed by atoms with van der Waals surface area (Å²) in [7, 11) is 0. The summed E-state index contributed by atoms with van der Waals surface area (Å²) in [4.78, 5) is 0. The first-order chi connectivity index (χ1) is 7.01. The Morgan fingerprint density at radius 2 is 1.93 bits per heavy atom. The van der Waals surface area contributed by atoms with Crippen LogP contribution < -0.4 is 0 Å². The molecule has 2 unspecified atom stereocenters. The minimum absolute atomic E-state index is 0.372. The van der Waals surface area contributed by atoms with Crippen LogP contribution in [-0.2, 0) is 0 Å². The summed E-state index contributed by atoms with van der Waals surface area (Å²) in [5, 5.41) is 0. The van der Waals surface area contributed by atoms with Crippen LogP contribution in [0.25, 0.3) is 0 Å². The maximum Gasteiger partial charge on any atom is -0.0147 e. The van der Waals surface area contributed by atoms with E-state index in [0.717, 1.165) is 11.8 Å². The van der Waals surface area contributed by atoms with Gasteiger partial charge < -0.3 is 0 Å². The third kappa shape index (κ3) is 3.66. The zero-order valence-corrected chi connectivity index (χ0v) is 11.1. The third-order valence-electron chi connectivity index (χ3n) is 4.24. The van der Waals surface area contributed by atoms with Gasteiger partial charge >= 0.3 is 0 Å². The van der Waals surface area contributed by atoms with Crippen molar-refractivity contribution in [3.8, 4) is 0 Å². The molecule has 0 saturated heterocycles. The number of hydrogen-bond acceptors (Lipinski definition) is 0. The van der Waals surface area contributed by atoms with E-state index in [1.807, 2.05) is 0 Å². The molecule has 0 radical (unpaired) electrons. The highest BCUT2D eigenvalue weighted by atomic mass is 14.4. The van der Waals surface area contributed by atoms with Gasteiger partial charge in [-0.1, -0.05) is 52.7 Å². The Labute approximate surface area is 96.2 Å². The van der Waals surface area contributed by atoms with E-state index >= 15 is 0 Å². The van der Waals surface area contributed by atoms with E-state index < -0.39 is 0 Å². The molecule has 0 heteroatoms. The maximum absolute atomic E-state index is 4.25. The van der Waals surface area contributed by atoms with E-state index in [2.05, 4.69) is 34.3 Å². The van der Waals surface area contributed by atoms with Gasteiger partial charge in [-0.25, -0.2) is 0 Å². The molecule has 0 spiro atoms. The largest absolute Gasteiger partial charge is 0.0993 e. The topological polar surface area (TPSA) is 0 Å². The van der Waals surface area contributed by atoms with Crippen LogP contribution in [0.1, 0.15) is 66.2 Å². The highest BCUT2D eigenvalue weighted by molar-refractivity contribution is 5.07. The first kappa shape index (κ1) is 12.8. The molecule has 1 saturated carbocycles. The molecule has 0 heterocycles. The predicted octanol–water partition coefficient (Wildman–Crippen LogP) is 5.20. The van der Waals surface area contributed by atoms with Gasteiger partial charge in [0.15, 0.2) is 0 Å². The molecule has 88 valence electrons. The number of allylic oxidation sites excluding steroid dienone is 1. The van der Waals surface area contributed by atoms with E-state index in [9.17, 15) is 0 Å². The molecule has 0 N–H and O–H groups in total. The summed E-state index contributed by atoms with van der Waals surface area (Å²) in [6, 6.07) is 0. The Balaban J connectivity index is 2.27. The average Bonchev–Trinajstić information content (AvgIpc) is 2.94. The van der Waals surface area contributed by atoms with Gasteiger partial charge in [-0.05, 0) is 42.9 Å². The van der Waals surface area contributed by atoms with Crippen LogP contribution in [0.4, 0.5) is 0 Å². The highest BCUT2D eigenvalue weighted by Gasteiger charge is 2.36. The summed E-state index contributed by atoms with van der Waals surface area (Å²) in [6.07, 6.45) is 8.09. The van der Waals surface area contributed by atoms with E-state index in [0.29, 0.717) is 5.41 Å². The predicted molar refractivity (Wildman–Crippen MR) is 69.0 cm³/mol. The third-order valence-corrected chi connectivity index (χ3v) is 4.24. The molecule has 15 heavy (non-hydrogen) atoms. The highest BCUT2D eigenvalue weighted by Crippen LogP contribution is 2.47. The van der Waals surface area contributed by atoms with Crippen LogP contribution in [0.2, 0.25) is 0 Å². The minimum Gasteiger partial charge on any atom is -0.0993 e. The second-order valence-corrected chi connectivity index (χ2v) is 5.94. The van der Waals surface area contributed by atoms with Crippen LogP contribution >= 0.6 is 0 Å². The fourth-order valence-electron chi connectivity index (χ4n) is 2.53. The molecule has 1 rings (SSSR count). The molecule has 0 aromatic carbocycles. The molecular formula is C15H28. The molecule has 0 aromatic heterocycles. The van der Waals surface area contributed by atoms with Crippen molar-refractivity contribution in [2.75, 3.05) is 0 Å². The van der Waals surface area contributed by atoms with Crippen molar-refractivity contribution in [3.05, 3.63) is 12.2 Å². The van der Waals surface area contributed by atoms with Crippen LogP contribution in [-0.4, -0.2) is 0 Å². The van der Waals surface area contributed by atoms with E-state index in [1.165, 1.54) is 44.1 Å². The lowest BCUT2D eigenvalue weighted by Gasteiger charge is -2.27. The molecule has 1 aliphatic carbocycles. The van der Waals surface area contributed by atoms with Gasteiger partial charge in [-0.2, -0.15) is 0 Å². The quantitative estimate of drug-likeness (QED) is 0.505. The standard InChI is InChI=1S/C15H28/c1-6-8-12(3)15(4,5)10-9-14-11-13(14)7-2/h13-14H,3,6-11H2,1-2,4-5H3. The van der Waals surface area contributed by atoms with E-state index in [4.69, 9.17) is 0 Å². The second kappa shape index (κ2) is 5.18. The molecule has 0 nitrogen and oxygen atoms in total. The number of hydrogen-bond donors (Lipinski definition) is 0. The van der Waals surface area contributed by atoms with Crippen LogP contribution in [0.15, 0.2) is 12.2 Å². The summed E-state index contributed by atoms with van der Waals surface area (Å²) in [5.41, 5.74) is 1.83. The Morgan fingerprint density at radius 3 is 2.40 bits per heavy atom. The van der Waals surface area contributed by atoms with Gasteiger partial charge in [0.25, 0.3) is 0 Å². The van der Waals surface area contributed by atoms with Gasteiger partial charge in [0.1, 0.15) is 0 Å². The van der Waals surface area contributed by atoms with Crippen LogP contribution in [0.5, 0.6) is 0 Å². The van der Waals surface area contributed by atoms with Crippen molar-refractivity contribution >= 4 is 0 Å². The first-order valence-corrected chi connectivity index (χ1v) is 6.69. The zero-order valence-electron chi connectivity index (χ0n) is 11.1. The van der Waals surface area contributed by atoms with Crippen molar-refractivity contribution in [2.24, 2.45) is 17.3 Å². The Kier molecular flexibility index (Phi) is 4.43. The molecular weight excluding hydrogens is 180 g/mol. The SMILES string of the molecule is C=C(CCC)C(C)(C)CCC1CC1CC. The smallest absolute Gasteiger partial charge is 0.0147 e. The van der Waals surface area contributed by atoms with Crippen LogP contribution in [0.3, 0.4) is 0 Å². The molecule has 1 fully saturated rings. The van der Waals surface area contributed by atoms with Gasteiger partial charge in [-0.3, -0.25) is 0 Å². The summed E-state index contributed by atoms with van der Waals surface area (Å²) in [6.45, 7) is 13.6. The fraction of sp³-hybridized carbons (Fsp3) is 0.867. The number of rotatable bonds is 7. The van der Waals surface area contributed by atoms with Crippen molar-refractivity contribution in [1.82, 2.24) is 0 Å². The lowest BCUT2D eigenvalue weighted by Crippen LogP contribution is -2.14. The summed E-state index contributed by atoms with van der Waals surface area (Å²) >= 11 is 0. The minimum atomic E-state index is 0.372. The monoisotopic (exact) mass is 208 g/mol. The fourth-order valence-corrected chi connectivity index (χ4v) is 2.53. The Hall–Kier alpha value is -0.260. The van der Waals surface area contributed by atoms with Gasteiger partial charge in [0, 0.05) is 0 Å². The lowest BCUT2D eigenvalue weighted by molar-refractivity contribution is 0.365. The molecule has 1 aliphatic rings. The molecule has 0 aliphatic heterocycles. The van der Waals surface area contributed by atoms with E-state index in [1.54, 1.807) is 0 Å². The Bertz CT molecular complexity index is 212. The summed E-state index contributed by atoms with van der Waals surface area (Å²) in [5.74, 6) is 2.10. The second-order valence-electron chi connectivity index (χ2n) is 5.94. The van der Waals surface area contributed by atoms with Gasteiger partial charge in [-0.15, -0.1) is 0 Å². The Morgan fingerprint density at radius 1 is 1.27 bits per heavy atom. The molecule has 0 aromatic rings. The lowest BCUT2D eigenvalue weighted by atomic mass is 9.78. The van der Waals surface area contributed by atoms with Crippen molar-refractivity contribution < 1.29 is 0 Å². The maximum atomic E-state index is 4.25. The van der Waals surface area contributed by atoms with Crippen molar-refractivity contribution in [1.29, 1.82) is 0 Å². The van der Waals surface area contributed by atoms with Gasteiger partial charge in [0.2, 0.25) is 0 Å². The van der Waals surface area contributed by atoms with Gasteiger partial charge in [0.05, 0.1) is 0 Å². The molecule has 0 amide bonds. The zero-order chi connectivity index (χ0) is 11.5. The van der Waals surface area contributed by atoms with Crippen molar-refractivity contribution in [2.45, 2.75) is 66.2 Å². The summed E-state index contributed by atoms with van der Waals surface area (Å²) < 4.78 is 0.